The van der Waals surface area contributed by atoms with Gasteiger partial charge in [0.05, 0.1) is 7.11 Å². The van der Waals surface area contributed by atoms with Crippen molar-refractivity contribution >= 4 is 26.8 Å². The van der Waals surface area contributed by atoms with Gasteiger partial charge in [0.2, 0.25) is 14.7 Å². The van der Waals surface area contributed by atoms with Gasteiger partial charge in [-0.3, -0.25) is 4.79 Å². The van der Waals surface area contributed by atoms with E-state index in [1.807, 2.05) is 12.1 Å². The average Bonchev–Trinajstić information content (AvgIpc) is 3.28. The van der Waals surface area contributed by atoms with E-state index in [0.29, 0.717) is 23.5 Å². The summed E-state index contributed by atoms with van der Waals surface area (Å²) in [6.07, 6.45) is 6.28. The Kier molecular flexibility index (Phi) is 7.58. The number of fused-ring (bicyclic) bond motifs is 7. The number of methoxy groups -OCH3 is 1. The van der Waals surface area contributed by atoms with Crippen molar-refractivity contribution < 1.29 is 40.4 Å². The van der Waals surface area contributed by atoms with E-state index < -0.39 is 15.6 Å². The molecule has 11 heteroatoms. The summed E-state index contributed by atoms with van der Waals surface area (Å²) in [5.41, 5.74) is -2.79. The molecule has 0 amide bonds. The van der Waals surface area contributed by atoms with Crippen molar-refractivity contribution in [2.75, 3.05) is 7.11 Å². The second kappa shape index (κ2) is 10.9. The first-order chi connectivity index (χ1) is 20.3. The van der Waals surface area contributed by atoms with Gasteiger partial charge in [0, 0.05) is 17.9 Å². The zero-order chi connectivity index (χ0) is 30.7. The third-order valence-electron chi connectivity index (χ3n) is 9.58. The molecule has 0 aromatic heterocycles. The highest BCUT2D eigenvalue weighted by molar-refractivity contribution is 7.97. The molecule has 1 aliphatic heterocycles. The Morgan fingerprint density at radius 2 is 1.56 bits per heavy atom. The number of hydrogen-bond acceptors (Lipinski definition) is 6. The molecular formula is C32H31F3O6S2. The second-order valence-corrected chi connectivity index (χ2v) is 15.0. The van der Waals surface area contributed by atoms with Crippen LogP contribution < -0.4 is 9.47 Å². The van der Waals surface area contributed by atoms with Gasteiger partial charge in [-0.1, -0.05) is 31.2 Å². The van der Waals surface area contributed by atoms with Crippen LogP contribution in [0.1, 0.15) is 56.1 Å². The molecular weight excluding hydrogens is 601 g/mol. The van der Waals surface area contributed by atoms with Crippen LogP contribution in [0.5, 0.6) is 17.2 Å². The number of hydrogen-bond donors (Lipinski definition) is 0. The van der Waals surface area contributed by atoms with Gasteiger partial charge in [-0.25, -0.2) is 8.42 Å². The number of ketones is 1. The predicted molar refractivity (Wildman–Crippen MR) is 153 cm³/mol. The third-order valence-corrected chi connectivity index (χ3v) is 12.5. The van der Waals surface area contributed by atoms with Gasteiger partial charge in [-0.2, -0.15) is 13.2 Å². The zero-order valence-corrected chi connectivity index (χ0v) is 25.3. The Morgan fingerprint density at radius 1 is 0.953 bits per heavy atom. The van der Waals surface area contributed by atoms with E-state index in [4.69, 9.17) is 22.4 Å². The lowest BCUT2D eigenvalue weighted by Crippen LogP contribution is -2.42. The van der Waals surface area contributed by atoms with Crippen molar-refractivity contribution in [2.24, 2.45) is 17.3 Å². The maximum atomic E-state index is 12.8. The molecule has 4 aliphatic rings. The minimum atomic E-state index is -6.09. The molecule has 0 spiro atoms. The summed E-state index contributed by atoms with van der Waals surface area (Å²) < 4.78 is 71.3. The van der Waals surface area contributed by atoms with Gasteiger partial charge >= 0.3 is 5.51 Å². The largest absolute Gasteiger partial charge is 0.741 e. The third kappa shape index (κ3) is 5.13. The molecule has 1 heterocycles. The number of benzene rings is 3. The van der Waals surface area contributed by atoms with Gasteiger partial charge in [0.25, 0.3) is 0 Å². The van der Waals surface area contributed by atoms with Gasteiger partial charge in [-0.15, -0.1) is 0 Å². The number of alkyl halides is 3. The summed E-state index contributed by atoms with van der Waals surface area (Å²) in [4.78, 5) is 16.5. The van der Waals surface area contributed by atoms with E-state index in [1.165, 1.54) is 32.2 Å². The second-order valence-electron chi connectivity index (χ2n) is 11.7. The van der Waals surface area contributed by atoms with Crippen LogP contribution in [0.4, 0.5) is 13.2 Å². The van der Waals surface area contributed by atoms with Crippen LogP contribution in [0.2, 0.25) is 0 Å². The molecule has 228 valence electrons. The Labute approximate surface area is 251 Å². The van der Waals surface area contributed by atoms with Gasteiger partial charge in [0.15, 0.2) is 27.4 Å². The zero-order valence-electron chi connectivity index (χ0n) is 23.6. The minimum Gasteiger partial charge on any atom is -0.741 e. The fourth-order valence-corrected chi connectivity index (χ4v) is 9.90. The van der Waals surface area contributed by atoms with Crippen molar-refractivity contribution in [3.8, 4) is 17.2 Å². The quantitative estimate of drug-likeness (QED) is 0.130. The van der Waals surface area contributed by atoms with Crippen LogP contribution in [0.15, 0.2) is 75.4 Å². The maximum absolute atomic E-state index is 12.8. The molecule has 3 aliphatic carbocycles. The molecule has 0 radical (unpaired) electrons. The van der Waals surface area contributed by atoms with Crippen molar-refractivity contribution in [3.05, 3.63) is 71.8 Å². The predicted octanol–water partition coefficient (Wildman–Crippen LogP) is 7.37. The first kappa shape index (κ1) is 30.0. The lowest BCUT2D eigenvalue weighted by Gasteiger charge is -2.48. The molecule has 2 saturated carbocycles. The number of Topliss-reactive ketones (excluding diaryl/α,β-unsaturated/α-hetero) is 1. The van der Waals surface area contributed by atoms with Gasteiger partial charge < -0.3 is 14.0 Å². The summed E-state index contributed by atoms with van der Waals surface area (Å²) in [5.74, 6) is 5.07. The average molecular weight is 633 g/mol. The lowest BCUT2D eigenvalue weighted by molar-refractivity contribution is -0.129. The number of rotatable bonds is 2. The van der Waals surface area contributed by atoms with Crippen LogP contribution >= 0.6 is 0 Å². The number of ether oxygens (including phenoxy) is 2. The molecule has 0 bridgehead atoms. The Morgan fingerprint density at radius 3 is 2.14 bits per heavy atom. The molecule has 0 N–H and O–H groups in total. The highest BCUT2D eigenvalue weighted by Crippen LogP contribution is 2.60. The van der Waals surface area contributed by atoms with Crippen LogP contribution in [-0.4, -0.2) is 31.4 Å². The number of para-hydroxylation sites is 2. The van der Waals surface area contributed by atoms with Crippen molar-refractivity contribution in [1.29, 1.82) is 0 Å². The monoisotopic (exact) mass is 632 g/mol. The summed E-state index contributed by atoms with van der Waals surface area (Å²) >= 11 is 0. The Bertz CT molecular complexity index is 1640. The number of carbonyl (C=O) groups is 1. The fraction of sp³-hybridized carbons (Fsp3) is 0.406. The first-order valence-corrected chi connectivity index (χ1v) is 16.8. The molecule has 0 unspecified atom stereocenters. The van der Waals surface area contributed by atoms with Crippen LogP contribution in [0.3, 0.4) is 0 Å². The number of halogens is 3. The van der Waals surface area contributed by atoms with Gasteiger partial charge in [0.1, 0.15) is 16.7 Å². The normalized spacial score (nSPS) is 26.0. The summed E-state index contributed by atoms with van der Waals surface area (Å²) in [6.45, 7) is 2.26. The summed E-state index contributed by atoms with van der Waals surface area (Å²) in [5, 5.41) is 0. The Hall–Kier alpha value is -3.02. The van der Waals surface area contributed by atoms with Gasteiger partial charge in [-0.05, 0) is 91.3 Å². The number of aryl methyl sites for hydroxylation is 1. The van der Waals surface area contributed by atoms with Crippen molar-refractivity contribution in [3.63, 3.8) is 0 Å². The van der Waals surface area contributed by atoms with E-state index in [2.05, 4.69) is 55.5 Å². The standard InChI is InChI=1S/C31H31O3S.CHF3O3S/c1-31-16-15-20-21(23(31)13-14-30(31)32)12-11-19-17-26(33-2)29(18-22(19)20)35-27-9-5-3-7-24(27)34-25-8-4-6-10-28(25)35;2-1(3,4)8(5,6)7/h3-10,17-18,20-21,23H,11-16H2,1-2H3;(H,5,6,7)/q+1;/p-1/t20-,21+,23-,31-;/m0./s1. The first-order valence-electron chi connectivity index (χ1n) is 14.2. The Balaban J connectivity index is 0.000000365. The smallest absolute Gasteiger partial charge is 0.485 e. The molecule has 7 rings (SSSR count). The molecule has 4 atom stereocenters. The minimum absolute atomic E-state index is 0.0890. The topological polar surface area (TPSA) is 92.7 Å². The van der Waals surface area contributed by atoms with Crippen molar-refractivity contribution in [1.82, 2.24) is 0 Å². The molecule has 3 aromatic rings. The SMILES string of the molecule is COc1cc2c(cc1[S+]1c3ccccc3Oc3ccccc31)[C@H]1CC[C@]3(C)C(=O)CC[C@H]3[C@@H]1CC2.O=S(=O)([O-])C(F)(F)F. The highest BCUT2D eigenvalue weighted by atomic mass is 32.2. The van der Waals surface area contributed by atoms with Crippen LogP contribution in [-0.2, 0) is 32.2 Å². The molecule has 43 heavy (non-hydrogen) atoms. The summed E-state index contributed by atoms with van der Waals surface area (Å²) in [6, 6.07) is 21.7. The molecule has 3 aromatic carbocycles. The highest BCUT2D eigenvalue weighted by Gasteiger charge is 2.55. The van der Waals surface area contributed by atoms with E-state index in [9.17, 15) is 18.0 Å². The van der Waals surface area contributed by atoms with E-state index in [1.54, 1.807) is 7.11 Å². The van der Waals surface area contributed by atoms with Crippen LogP contribution in [0.25, 0.3) is 0 Å². The molecule has 6 nitrogen and oxygen atoms in total. The maximum Gasteiger partial charge on any atom is 0.485 e. The van der Waals surface area contributed by atoms with Crippen LogP contribution in [0, 0.1) is 17.3 Å². The van der Waals surface area contributed by atoms with E-state index in [0.717, 1.165) is 49.4 Å². The van der Waals surface area contributed by atoms with E-state index in [-0.39, 0.29) is 16.3 Å². The molecule has 2 fully saturated rings. The molecule has 0 saturated heterocycles. The van der Waals surface area contributed by atoms with E-state index >= 15 is 0 Å². The number of carbonyl (C=O) groups excluding carboxylic acids is 1. The fourth-order valence-electron chi connectivity index (χ4n) is 7.55. The van der Waals surface area contributed by atoms with Crippen molar-refractivity contribution in [2.45, 2.75) is 71.6 Å². The lowest BCUT2D eigenvalue weighted by atomic mass is 9.55. The summed E-state index contributed by atoms with van der Waals surface area (Å²) in [7, 11) is -4.59.